The van der Waals surface area contributed by atoms with Crippen molar-refractivity contribution in [2.24, 2.45) is 0 Å². The Morgan fingerprint density at radius 3 is 3.04 bits per heavy atom. The summed E-state index contributed by atoms with van der Waals surface area (Å²) in [6.07, 6.45) is 7.00. The third kappa shape index (κ3) is 3.94. The van der Waals surface area contributed by atoms with E-state index in [-0.39, 0.29) is 11.8 Å². The van der Waals surface area contributed by atoms with E-state index in [4.69, 9.17) is 11.6 Å². The minimum absolute atomic E-state index is 0.0831. The molecule has 1 saturated heterocycles. The van der Waals surface area contributed by atoms with Gasteiger partial charge in [0, 0.05) is 42.6 Å². The third-order valence-electron chi connectivity index (χ3n) is 4.04. The first-order chi connectivity index (χ1) is 11.6. The molecule has 0 unspecified atom stereocenters. The highest BCUT2D eigenvalue weighted by Crippen LogP contribution is 2.24. The SMILES string of the molecule is O=C(CCCn1ccnc1)N[C@H]1CCN(c2cccc(Cl)c2)C1=O. The number of carbonyl (C=O) groups is 2. The first-order valence-electron chi connectivity index (χ1n) is 7.95. The number of anilines is 1. The molecule has 1 atom stereocenters. The molecule has 2 aromatic rings. The van der Waals surface area contributed by atoms with Crippen molar-refractivity contribution < 1.29 is 9.59 Å². The molecule has 24 heavy (non-hydrogen) atoms. The normalized spacial score (nSPS) is 17.3. The molecule has 1 aliphatic heterocycles. The number of hydrogen-bond acceptors (Lipinski definition) is 3. The van der Waals surface area contributed by atoms with E-state index in [9.17, 15) is 9.59 Å². The fourth-order valence-corrected chi connectivity index (χ4v) is 3.01. The second-order valence-corrected chi connectivity index (χ2v) is 6.22. The molecular formula is C17H19ClN4O2. The summed E-state index contributed by atoms with van der Waals surface area (Å²) < 4.78 is 1.93. The molecule has 0 bridgehead atoms. The Labute approximate surface area is 145 Å². The van der Waals surface area contributed by atoms with Crippen LogP contribution in [0.2, 0.25) is 5.02 Å². The predicted octanol–water partition coefficient (Wildman–Crippen LogP) is 2.24. The fraction of sp³-hybridized carbons (Fsp3) is 0.353. The van der Waals surface area contributed by atoms with Crippen molar-refractivity contribution in [1.82, 2.24) is 14.9 Å². The number of amides is 2. The second-order valence-electron chi connectivity index (χ2n) is 5.78. The number of benzene rings is 1. The topological polar surface area (TPSA) is 67.2 Å². The number of imidazole rings is 1. The van der Waals surface area contributed by atoms with Crippen LogP contribution in [0.3, 0.4) is 0 Å². The minimum atomic E-state index is -0.454. The Kier molecular flexibility index (Phi) is 5.15. The van der Waals surface area contributed by atoms with Gasteiger partial charge in [-0.2, -0.15) is 0 Å². The molecule has 3 rings (SSSR count). The highest BCUT2D eigenvalue weighted by Gasteiger charge is 2.33. The van der Waals surface area contributed by atoms with Gasteiger partial charge in [-0.1, -0.05) is 17.7 Å². The number of aryl methyl sites for hydroxylation is 1. The summed E-state index contributed by atoms with van der Waals surface area (Å²) in [5, 5.41) is 3.43. The standard InChI is InChI=1S/C17H19ClN4O2/c18-13-3-1-4-14(11-13)22-9-6-15(17(22)24)20-16(23)5-2-8-21-10-7-19-12-21/h1,3-4,7,10-12,15H,2,5-6,8-9H2,(H,20,23)/t15-/m0/s1. The lowest BCUT2D eigenvalue weighted by Gasteiger charge is -2.17. The smallest absolute Gasteiger partial charge is 0.249 e. The third-order valence-corrected chi connectivity index (χ3v) is 4.28. The average molecular weight is 347 g/mol. The van der Waals surface area contributed by atoms with Gasteiger partial charge in [0.05, 0.1) is 6.33 Å². The van der Waals surface area contributed by atoms with Gasteiger partial charge >= 0.3 is 0 Å². The van der Waals surface area contributed by atoms with E-state index in [1.165, 1.54) is 0 Å². The van der Waals surface area contributed by atoms with Crippen LogP contribution in [0.15, 0.2) is 43.0 Å². The zero-order valence-corrected chi connectivity index (χ0v) is 13.9. The molecule has 0 saturated carbocycles. The summed E-state index contributed by atoms with van der Waals surface area (Å²) in [6.45, 7) is 1.32. The Bertz CT molecular complexity index is 717. The lowest BCUT2D eigenvalue weighted by Crippen LogP contribution is -2.41. The van der Waals surface area contributed by atoms with Crippen molar-refractivity contribution in [3.8, 4) is 0 Å². The quantitative estimate of drug-likeness (QED) is 0.872. The van der Waals surface area contributed by atoms with E-state index in [1.54, 1.807) is 29.6 Å². The average Bonchev–Trinajstić information content (AvgIpc) is 3.18. The van der Waals surface area contributed by atoms with Crippen LogP contribution in [-0.4, -0.2) is 34.0 Å². The van der Waals surface area contributed by atoms with Crippen LogP contribution < -0.4 is 10.2 Å². The van der Waals surface area contributed by atoms with Gasteiger partial charge in [0.1, 0.15) is 6.04 Å². The number of hydrogen-bond donors (Lipinski definition) is 1. The van der Waals surface area contributed by atoms with Crippen LogP contribution in [0.5, 0.6) is 0 Å². The number of nitrogens with zero attached hydrogens (tertiary/aromatic N) is 3. The molecule has 0 spiro atoms. The molecule has 2 heterocycles. The van der Waals surface area contributed by atoms with Crippen LogP contribution in [0.4, 0.5) is 5.69 Å². The Balaban J connectivity index is 1.49. The summed E-state index contributed by atoms with van der Waals surface area (Å²) in [4.78, 5) is 30.1. The largest absolute Gasteiger partial charge is 0.344 e. The molecule has 2 amide bonds. The van der Waals surface area contributed by atoms with Crippen molar-refractivity contribution in [1.29, 1.82) is 0 Å². The van der Waals surface area contributed by atoms with Crippen LogP contribution in [-0.2, 0) is 16.1 Å². The second kappa shape index (κ2) is 7.49. The Hall–Kier alpha value is -2.34. The van der Waals surface area contributed by atoms with Crippen molar-refractivity contribution in [2.45, 2.75) is 31.8 Å². The highest BCUT2D eigenvalue weighted by atomic mass is 35.5. The van der Waals surface area contributed by atoms with E-state index >= 15 is 0 Å². The van der Waals surface area contributed by atoms with Gasteiger partial charge in [-0.25, -0.2) is 4.98 Å². The number of carbonyl (C=O) groups excluding carboxylic acids is 2. The lowest BCUT2D eigenvalue weighted by molar-refractivity contribution is -0.126. The number of halogens is 1. The van der Waals surface area contributed by atoms with Crippen molar-refractivity contribution in [3.63, 3.8) is 0 Å². The van der Waals surface area contributed by atoms with Gasteiger partial charge in [-0.3, -0.25) is 9.59 Å². The summed E-state index contributed by atoms with van der Waals surface area (Å²) in [7, 11) is 0. The van der Waals surface area contributed by atoms with Gasteiger partial charge in [0.2, 0.25) is 11.8 Å². The van der Waals surface area contributed by atoms with Crippen LogP contribution in [0, 0.1) is 0 Å². The first-order valence-corrected chi connectivity index (χ1v) is 8.33. The fourth-order valence-electron chi connectivity index (χ4n) is 2.82. The van der Waals surface area contributed by atoms with Gasteiger partial charge in [0.15, 0.2) is 0 Å². The van der Waals surface area contributed by atoms with Crippen molar-refractivity contribution in [3.05, 3.63) is 48.0 Å². The summed E-state index contributed by atoms with van der Waals surface area (Å²) in [6, 6.07) is 6.73. The zero-order chi connectivity index (χ0) is 16.9. The molecule has 126 valence electrons. The maximum atomic E-state index is 12.5. The molecule has 0 radical (unpaired) electrons. The summed E-state index contributed by atoms with van der Waals surface area (Å²) in [5.41, 5.74) is 0.768. The predicted molar refractivity (Wildman–Crippen MR) is 91.8 cm³/mol. The Morgan fingerprint density at radius 2 is 2.29 bits per heavy atom. The highest BCUT2D eigenvalue weighted by molar-refractivity contribution is 6.31. The summed E-state index contributed by atoms with van der Waals surface area (Å²) in [5.74, 6) is -0.179. The maximum Gasteiger partial charge on any atom is 0.249 e. The molecule has 6 nitrogen and oxygen atoms in total. The van der Waals surface area contributed by atoms with Gasteiger partial charge in [-0.15, -0.1) is 0 Å². The van der Waals surface area contributed by atoms with E-state index in [0.717, 1.165) is 12.2 Å². The number of rotatable bonds is 6. The van der Waals surface area contributed by atoms with Crippen LogP contribution in [0.25, 0.3) is 0 Å². The molecule has 0 aliphatic carbocycles. The molecule has 1 N–H and O–H groups in total. The molecule has 1 aromatic carbocycles. The molecule has 1 aromatic heterocycles. The minimum Gasteiger partial charge on any atom is -0.344 e. The summed E-state index contributed by atoms with van der Waals surface area (Å²) >= 11 is 5.98. The van der Waals surface area contributed by atoms with Crippen LogP contribution in [0.1, 0.15) is 19.3 Å². The molecular weight excluding hydrogens is 328 g/mol. The van der Waals surface area contributed by atoms with Crippen molar-refractivity contribution in [2.75, 3.05) is 11.4 Å². The first kappa shape index (κ1) is 16.5. The van der Waals surface area contributed by atoms with Gasteiger partial charge in [0.25, 0.3) is 0 Å². The van der Waals surface area contributed by atoms with E-state index in [0.29, 0.717) is 30.8 Å². The number of aromatic nitrogens is 2. The monoisotopic (exact) mass is 346 g/mol. The van der Waals surface area contributed by atoms with Crippen LogP contribution >= 0.6 is 11.6 Å². The van der Waals surface area contributed by atoms with Gasteiger partial charge in [-0.05, 0) is 31.0 Å². The molecule has 1 aliphatic rings. The van der Waals surface area contributed by atoms with E-state index < -0.39 is 6.04 Å². The maximum absolute atomic E-state index is 12.5. The molecule has 1 fully saturated rings. The van der Waals surface area contributed by atoms with E-state index in [1.807, 2.05) is 22.9 Å². The zero-order valence-electron chi connectivity index (χ0n) is 13.2. The molecule has 7 heteroatoms. The Morgan fingerprint density at radius 1 is 1.42 bits per heavy atom. The lowest BCUT2D eigenvalue weighted by atomic mass is 10.2. The van der Waals surface area contributed by atoms with Gasteiger partial charge < -0.3 is 14.8 Å². The number of nitrogens with one attached hydrogen (secondary N) is 1. The van der Waals surface area contributed by atoms with E-state index in [2.05, 4.69) is 10.3 Å². The van der Waals surface area contributed by atoms with Crippen molar-refractivity contribution >= 4 is 29.1 Å².